The predicted molar refractivity (Wildman–Crippen MR) is 60.4 cm³/mol. The molecule has 0 heterocycles. The summed E-state index contributed by atoms with van der Waals surface area (Å²) in [6.45, 7) is 10.3. The zero-order valence-electron chi connectivity index (χ0n) is 9.47. The fourth-order valence-electron chi connectivity index (χ4n) is 1.63. The van der Waals surface area contributed by atoms with Gasteiger partial charge in [0.1, 0.15) is 0 Å². The average Bonchev–Trinajstić information content (AvgIpc) is 2.06. The molecule has 0 bridgehead atoms. The minimum Gasteiger partial charge on any atom is -0.402 e. The molecule has 1 fully saturated rings. The van der Waals surface area contributed by atoms with E-state index < -0.39 is 0 Å². The van der Waals surface area contributed by atoms with E-state index in [1.807, 2.05) is 0 Å². The predicted octanol–water partition coefficient (Wildman–Crippen LogP) is 3.70. The summed E-state index contributed by atoms with van der Waals surface area (Å²) in [6, 6.07) is 0. The summed E-state index contributed by atoms with van der Waals surface area (Å²) in [5, 5.41) is 0. The molecule has 0 amide bonds. The Morgan fingerprint density at radius 2 is 1.62 bits per heavy atom. The first-order valence-corrected chi connectivity index (χ1v) is 5.56. The highest BCUT2D eigenvalue weighted by atomic mass is 14.6. The summed E-state index contributed by atoms with van der Waals surface area (Å²) in [6.07, 6.45) is 6.44. The molecule has 1 saturated carbocycles. The normalized spacial score (nSPS) is 27.3. The van der Waals surface area contributed by atoms with Crippen molar-refractivity contribution in [1.82, 2.24) is 0 Å². The van der Waals surface area contributed by atoms with Crippen LogP contribution in [0.4, 0.5) is 0 Å². The molecule has 1 rings (SSSR count). The van der Waals surface area contributed by atoms with Crippen molar-refractivity contribution in [3.8, 4) is 0 Å². The van der Waals surface area contributed by atoms with Crippen LogP contribution in [0.25, 0.3) is 0 Å². The SMILES string of the molecule is C=C(N)C1CCC(C)CC1.CCC. The molecule has 0 aromatic heterocycles. The largest absolute Gasteiger partial charge is 0.402 e. The summed E-state index contributed by atoms with van der Waals surface area (Å²) in [7, 11) is 0. The molecule has 0 saturated heterocycles. The standard InChI is InChI=1S/C9H17N.C3H8/c1-7-3-5-9(6-4-7)8(2)10;1-3-2/h7,9H,2-6,10H2,1H3;3H2,1-2H3. The summed E-state index contributed by atoms with van der Waals surface area (Å²) in [5.74, 6) is 1.53. The van der Waals surface area contributed by atoms with Crippen LogP contribution in [-0.4, -0.2) is 0 Å². The van der Waals surface area contributed by atoms with Gasteiger partial charge < -0.3 is 5.73 Å². The molecule has 0 unspecified atom stereocenters. The quantitative estimate of drug-likeness (QED) is 0.659. The van der Waals surface area contributed by atoms with Gasteiger partial charge in [-0.1, -0.05) is 46.6 Å². The number of rotatable bonds is 1. The van der Waals surface area contributed by atoms with E-state index in [2.05, 4.69) is 27.4 Å². The van der Waals surface area contributed by atoms with Gasteiger partial charge in [-0.2, -0.15) is 0 Å². The molecule has 0 spiro atoms. The van der Waals surface area contributed by atoms with Crippen LogP contribution >= 0.6 is 0 Å². The molecular formula is C12H25N. The van der Waals surface area contributed by atoms with Crippen molar-refractivity contribution in [2.45, 2.75) is 52.9 Å². The molecule has 0 aromatic rings. The maximum atomic E-state index is 5.62. The van der Waals surface area contributed by atoms with Gasteiger partial charge in [0, 0.05) is 5.70 Å². The van der Waals surface area contributed by atoms with Gasteiger partial charge >= 0.3 is 0 Å². The third kappa shape index (κ3) is 5.73. The van der Waals surface area contributed by atoms with E-state index in [-0.39, 0.29) is 0 Å². The fraction of sp³-hybridized carbons (Fsp3) is 0.833. The molecule has 0 atom stereocenters. The van der Waals surface area contributed by atoms with Crippen molar-refractivity contribution in [3.05, 3.63) is 12.3 Å². The summed E-state index contributed by atoms with van der Waals surface area (Å²) < 4.78 is 0. The van der Waals surface area contributed by atoms with Crippen LogP contribution in [0.2, 0.25) is 0 Å². The van der Waals surface area contributed by atoms with Crippen LogP contribution < -0.4 is 5.73 Å². The Balaban J connectivity index is 0.000000424. The number of allylic oxidation sites excluding steroid dienone is 1. The maximum absolute atomic E-state index is 5.62. The lowest BCUT2D eigenvalue weighted by molar-refractivity contribution is 0.319. The zero-order valence-corrected chi connectivity index (χ0v) is 9.47. The molecule has 0 aliphatic heterocycles. The van der Waals surface area contributed by atoms with E-state index in [1.54, 1.807) is 0 Å². The van der Waals surface area contributed by atoms with Crippen LogP contribution in [-0.2, 0) is 0 Å². The van der Waals surface area contributed by atoms with Crippen LogP contribution in [0, 0.1) is 11.8 Å². The second-order valence-corrected chi connectivity index (χ2v) is 4.24. The van der Waals surface area contributed by atoms with Crippen molar-refractivity contribution in [2.24, 2.45) is 17.6 Å². The lowest BCUT2D eigenvalue weighted by Crippen LogP contribution is -2.17. The van der Waals surface area contributed by atoms with Gasteiger partial charge in [0.15, 0.2) is 0 Å². The summed E-state index contributed by atoms with van der Waals surface area (Å²) >= 11 is 0. The van der Waals surface area contributed by atoms with Crippen molar-refractivity contribution in [1.29, 1.82) is 0 Å². The molecule has 1 aliphatic carbocycles. The molecule has 0 aromatic carbocycles. The van der Waals surface area contributed by atoms with E-state index in [0.29, 0.717) is 5.92 Å². The van der Waals surface area contributed by atoms with Crippen molar-refractivity contribution in [3.63, 3.8) is 0 Å². The summed E-state index contributed by atoms with van der Waals surface area (Å²) in [4.78, 5) is 0. The summed E-state index contributed by atoms with van der Waals surface area (Å²) in [5.41, 5.74) is 6.51. The third-order valence-electron chi connectivity index (χ3n) is 2.54. The highest BCUT2D eigenvalue weighted by Crippen LogP contribution is 2.30. The van der Waals surface area contributed by atoms with E-state index in [1.165, 1.54) is 32.1 Å². The second kappa shape index (κ2) is 6.99. The second-order valence-electron chi connectivity index (χ2n) is 4.24. The lowest BCUT2D eigenvalue weighted by atomic mass is 9.82. The first kappa shape index (κ1) is 12.5. The van der Waals surface area contributed by atoms with Crippen LogP contribution in [0.1, 0.15) is 52.9 Å². The van der Waals surface area contributed by atoms with Crippen molar-refractivity contribution in [2.75, 3.05) is 0 Å². The molecule has 13 heavy (non-hydrogen) atoms. The van der Waals surface area contributed by atoms with Gasteiger partial charge in [-0.05, 0) is 24.7 Å². The molecule has 1 heteroatoms. The van der Waals surface area contributed by atoms with E-state index in [9.17, 15) is 0 Å². The molecule has 1 aliphatic rings. The maximum Gasteiger partial charge on any atom is 0.00390 e. The molecule has 2 N–H and O–H groups in total. The Kier molecular flexibility index (Phi) is 6.75. The topological polar surface area (TPSA) is 26.0 Å². The minimum absolute atomic E-state index is 0.621. The number of nitrogens with two attached hydrogens (primary N) is 1. The molecule has 1 nitrogen and oxygen atoms in total. The minimum atomic E-state index is 0.621. The average molecular weight is 183 g/mol. The Morgan fingerprint density at radius 1 is 1.23 bits per heavy atom. The fourth-order valence-corrected chi connectivity index (χ4v) is 1.63. The zero-order chi connectivity index (χ0) is 10.3. The van der Waals surface area contributed by atoms with Gasteiger partial charge in [-0.3, -0.25) is 0 Å². The number of hydrogen-bond acceptors (Lipinski definition) is 1. The van der Waals surface area contributed by atoms with Crippen LogP contribution in [0.3, 0.4) is 0 Å². The third-order valence-corrected chi connectivity index (χ3v) is 2.54. The molecule has 0 radical (unpaired) electrons. The Labute approximate surface area is 83.4 Å². The number of hydrogen-bond donors (Lipinski definition) is 1. The van der Waals surface area contributed by atoms with E-state index in [4.69, 9.17) is 5.73 Å². The van der Waals surface area contributed by atoms with Crippen LogP contribution in [0.15, 0.2) is 12.3 Å². The van der Waals surface area contributed by atoms with Gasteiger partial charge in [0.25, 0.3) is 0 Å². The molecular weight excluding hydrogens is 158 g/mol. The Bertz CT molecular complexity index is 132. The highest BCUT2D eigenvalue weighted by Gasteiger charge is 2.18. The first-order valence-electron chi connectivity index (χ1n) is 5.56. The van der Waals surface area contributed by atoms with E-state index in [0.717, 1.165) is 11.6 Å². The lowest BCUT2D eigenvalue weighted by Gasteiger charge is -2.25. The van der Waals surface area contributed by atoms with E-state index >= 15 is 0 Å². The smallest absolute Gasteiger partial charge is 0.00390 e. The molecule has 78 valence electrons. The van der Waals surface area contributed by atoms with Gasteiger partial charge in [0.2, 0.25) is 0 Å². The van der Waals surface area contributed by atoms with Crippen molar-refractivity contribution < 1.29 is 0 Å². The van der Waals surface area contributed by atoms with Crippen LogP contribution in [0.5, 0.6) is 0 Å². The van der Waals surface area contributed by atoms with Gasteiger partial charge in [-0.25, -0.2) is 0 Å². The highest BCUT2D eigenvalue weighted by molar-refractivity contribution is 4.95. The Hall–Kier alpha value is -0.460. The Morgan fingerprint density at radius 3 is 1.92 bits per heavy atom. The van der Waals surface area contributed by atoms with Gasteiger partial charge in [0.05, 0.1) is 0 Å². The first-order chi connectivity index (χ1) is 6.11. The monoisotopic (exact) mass is 183 g/mol. The van der Waals surface area contributed by atoms with Crippen molar-refractivity contribution >= 4 is 0 Å². The van der Waals surface area contributed by atoms with Gasteiger partial charge in [-0.15, -0.1) is 0 Å².